The van der Waals surface area contributed by atoms with E-state index in [1.165, 1.54) is 18.3 Å². The third kappa shape index (κ3) is 4.37. The first-order valence-corrected chi connectivity index (χ1v) is 5.64. The topological polar surface area (TPSA) is 65.5 Å². The van der Waals surface area contributed by atoms with Gasteiger partial charge in [0.25, 0.3) is 0 Å². The van der Waals surface area contributed by atoms with Crippen LogP contribution in [0.5, 0.6) is 0 Å². The van der Waals surface area contributed by atoms with Crippen molar-refractivity contribution in [3.63, 3.8) is 0 Å². The second-order valence-corrected chi connectivity index (χ2v) is 3.31. The molecule has 1 rings (SSSR count). The largest absolute Gasteiger partial charge is 0.463 e. The number of hydrogen-bond donors (Lipinski definition) is 0. The monoisotopic (exact) mass is 249 g/mol. The van der Waals surface area contributed by atoms with E-state index < -0.39 is 11.9 Å². The summed E-state index contributed by atoms with van der Waals surface area (Å²) in [6, 6.07) is 1.60. The number of pyridine rings is 1. The highest BCUT2D eigenvalue weighted by Crippen LogP contribution is 2.06. The molecule has 18 heavy (non-hydrogen) atoms. The molecule has 1 aromatic rings. The molecule has 0 spiro atoms. The predicted molar refractivity (Wildman–Crippen MR) is 65.9 cm³/mol. The highest BCUT2D eigenvalue weighted by Gasteiger charge is 2.06. The molecule has 96 valence electrons. The molecular formula is C13H15NO4. The molecule has 0 aliphatic heterocycles. The summed E-state index contributed by atoms with van der Waals surface area (Å²) < 4.78 is 9.59. The van der Waals surface area contributed by atoms with E-state index in [0.717, 1.165) is 0 Å². The average Bonchev–Trinajstić information content (AvgIpc) is 2.37. The lowest BCUT2D eigenvalue weighted by Gasteiger charge is -2.01. The smallest absolute Gasteiger partial charge is 0.339 e. The Hall–Kier alpha value is -2.17. The SMILES string of the molecule is CCOC(=O)/C=C/c1cncc(C(=O)OCC)c1. The second-order valence-electron chi connectivity index (χ2n) is 3.31. The zero-order valence-corrected chi connectivity index (χ0v) is 10.4. The molecule has 0 fully saturated rings. The molecule has 1 aromatic heterocycles. The first kappa shape index (κ1) is 13.9. The van der Waals surface area contributed by atoms with Gasteiger partial charge in [0.05, 0.1) is 18.8 Å². The first-order chi connectivity index (χ1) is 8.67. The summed E-state index contributed by atoms with van der Waals surface area (Å²) in [5.41, 5.74) is 0.983. The fourth-order valence-corrected chi connectivity index (χ4v) is 1.23. The molecule has 0 N–H and O–H groups in total. The van der Waals surface area contributed by atoms with E-state index in [0.29, 0.717) is 24.3 Å². The molecule has 0 aliphatic carbocycles. The summed E-state index contributed by atoms with van der Waals surface area (Å²) in [6.45, 7) is 4.09. The molecule has 0 aromatic carbocycles. The van der Waals surface area contributed by atoms with Gasteiger partial charge in [0.1, 0.15) is 0 Å². The van der Waals surface area contributed by atoms with Crippen molar-refractivity contribution in [1.82, 2.24) is 4.98 Å². The number of carbonyl (C=O) groups excluding carboxylic acids is 2. The molecule has 0 radical (unpaired) electrons. The van der Waals surface area contributed by atoms with Gasteiger partial charge in [-0.1, -0.05) is 0 Å². The number of carbonyl (C=O) groups is 2. The summed E-state index contributed by atoms with van der Waals surface area (Å²) in [6.07, 6.45) is 5.78. The van der Waals surface area contributed by atoms with Gasteiger partial charge in [0.15, 0.2) is 0 Å². The van der Waals surface area contributed by atoms with Crippen LogP contribution in [0.3, 0.4) is 0 Å². The Morgan fingerprint density at radius 3 is 2.61 bits per heavy atom. The molecule has 0 aliphatic rings. The van der Waals surface area contributed by atoms with Gasteiger partial charge in [-0.2, -0.15) is 0 Å². The van der Waals surface area contributed by atoms with E-state index in [2.05, 4.69) is 4.98 Å². The Balaban J connectivity index is 2.76. The Bertz CT molecular complexity index is 454. The number of aromatic nitrogens is 1. The quantitative estimate of drug-likeness (QED) is 0.588. The lowest BCUT2D eigenvalue weighted by atomic mass is 10.2. The Morgan fingerprint density at radius 2 is 1.94 bits per heavy atom. The predicted octanol–water partition coefficient (Wildman–Crippen LogP) is 1.83. The van der Waals surface area contributed by atoms with E-state index in [4.69, 9.17) is 9.47 Å². The third-order valence-electron chi connectivity index (χ3n) is 1.97. The molecular weight excluding hydrogens is 234 g/mol. The van der Waals surface area contributed by atoms with Crippen molar-refractivity contribution in [1.29, 1.82) is 0 Å². The average molecular weight is 249 g/mol. The number of nitrogens with zero attached hydrogens (tertiary/aromatic N) is 1. The zero-order chi connectivity index (χ0) is 13.4. The van der Waals surface area contributed by atoms with Gasteiger partial charge in [-0.25, -0.2) is 9.59 Å². The van der Waals surface area contributed by atoms with Crippen LogP contribution in [0, 0.1) is 0 Å². The summed E-state index contributed by atoms with van der Waals surface area (Å²) in [5.74, 6) is -0.865. The Morgan fingerprint density at radius 1 is 1.22 bits per heavy atom. The van der Waals surface area contributed by atoms with Gasteiger partial charge >= 0.3 is 11.9 Å². The molecule has 0 unspecified atom stereocenters. The van der Waals surface area contributed by atoms with E-state index in [9.17, 15) is 9.59 Å². The Kier molecular flexibility index (Phi) is 5.57. The number of esters is 2. The van der Waals surface area contributed by atoms with Gasteiger partial charge in [0, 0.05) is 18.5 Å². The molecule has 5 heteroatoms. The molecule has 0 saturated carbocycles. The molecule has 0 atom stereocenters. The first-order valence-electron chi connectivity index (χ1n) is 5.64. The lowest BCUT2D eigenvalue weighted by molar-refractivity contribution is -0.137. The fourth-order valence-electron chi connectivity index (χ4n) is 1.23. The van der Waals surface area contributed by atoms with Crippen LogP contribution < -0.4 is 0 Å². The van der Waals surface area contributed by atoms with E-state index in [1.807, 2.05) is 0 Å². The molecule has 1 heterocycles. The van der Waals surface area contributed by atoms with Crippen LogP contribution in [-0.2, 0) is 14.3 Å². The summed E-state index contributed by atoms with van der Waals surface area (Å²) in [5, 5.41) is 0. The normalized spacial score (nSPS) is 10.3. The highest BCUT2D eigenvalue weighted by molar-refractivity contribution is 5.91. The van der Waals surface area contributed by atoms with Gasteiger partial charge in [-0.05, 0) is 31.6 Å². The van der Waals surface area contributed by atoms with Crippen molar-refractivity contribution >= 4 is 18.0 Å². The van der Waals surface area contributed by atoms with Crippen molar-refractivity contribution in [3.8, 4) is 0 Å². The maximum Gasteiger partial charge on any atom is 0.339 e. The third-order valence-corrected chi connectivity index (χ3v) is 1.97. The minimum atomic E-state index is -0.434. The standard InChI is InChI=1S/C13H15NO4/c1-3-17-12(15)6-5-10-7-11(9-14-8-10)13(16)18-4-2/h5-9H,3-4H2,1-2H3/b6-5+. The lowest BCUT2D eigenvalue weighted by Crippen LogP contribution is -2.05. The van der Waals surface area contributed by atoms with Crippen LogP contribution in [-0.4, -0.2) is 30.1 Å². The minimum absolute atomic E-state index is 0.307. The van der Waals surface area contributed by atoms with Gasteiger partial charge in [-0.15, -0.1) is 0 Å². The molecule has 5 nitrogen and oxygen atoms in total. The van der Waals surface area contributed by atoms with Crippen molar-refractivity contribution in [3.05, 3.63) is 35.7 Å². The second kappa shape index (κ2) is 7.21. The van der Waals surface area contributed by atoms with Crippen LogP contribution in [0.4, 0.5) is 0 Å². The maximum atomic E-state index is 11.5. The van der Waals surface area contributed by atoms with Crippen molar-refractivity contribution < 1.29 is 19.1 Å². The van der Waals surface area contributed by atoms with Crippen molar-refractivity contribution in [2.45, 2.75) is 13.8 Å². The van der Waals surface area contributed by atoms with Crippen LogP contribution in [0.15, 0.2) is 24.5 Å². The summed E-state index contributed by atoms with van der Waals surface area (Å²) in [4.78, 5) is 26.5. The highest BCUT2D eigenvalue weighted by atomic mass is 16.5. The van der Waals surface area contributed by atoms with Crippen LogP contribution in [0.1, 0.15) is 29.8 Å². The van der Waals surface area contributed by atoms with Crippen LogP contribution in [0.2, 0.25) is 0 Å². The molecule has 0 saturated heterocycles. The fraction of sp³-hybridized carbons (Fsp3) is 0.308. The number of hydrogen-bond acceptors (Lipinski definition) is 5. The number of rotatable bonds is 5. The van der Waals surface area contributed by atoms with Crippen LogP contribution >= 0.6 is 0 Å². The van der Waals surface area contributed by atoms with Gasteiger partial charge in [-0.3, -0.25) is 4.98 Å². The summed E-state index contributed by atoms with van der Waals surface area (Å²) in [7, 11) is 0. The summed E-state index contributed by atoms with van der Waals surface area (Å²) >= 11 is 0. The van der Waals surface area contributed by atoms with E-state index >= 15 is 0 Å². The van der Waals surface area contributed by atoms with Gasteiger partial charge < -0.3 is 9.47 Å². The van der Waals surface area contributed by atoms with Crippen LogP contribution in [0.25, 0.3) is 6.08 Å². The van der Waals surface area contributed by atoms with Crippen molar-refractivity contribution in [2.75, 3.05) is 13.2 Å². The van der Waals surface area contributed by atoms with Crippen molar-refractivity contribution in [2.24, 2.45) is 0 Å². The zero-order valence-electron chi connectivity index (χ0n) is 10.4. The van der Waals surface area contributed by atoms with E-state index in [-0.39, 0.29) is 0 Å². The maximum absolute atomic E-state index is 11.5. The van der Waals surface area contributed by atoms with E-state index in [1.54, 1.807) is 26.1 Å². The van der Waals surface area contributed by atoms with Gasteiger partial charge in [0.2, 0.25) is 0 Å². The molecule has 0 bridgehead atoms. The molecule has 0 amide bonds. The minimum Gasteiger partial charge on any atom is -0.463 e. The number of ether oxygens (including phenoxy) is 2. The Labute approximate surface area is 105 Å².